The van der Waals surface area contributed by atoms with E-state index in [4.69, 9.17) is 9.47 Å². The number of rotatable bonds is 7. The first kappa shape index (κ1) is 19.3. The Hall–Kier alpha value is -3.42. The lowest BCUT2D eigenvalue weighted by Crippen LogP contribution is -2.24. The first-order valence-electron chi connectivity index (χ1n) is 8.84. The van der Waals surface area contributed by atoms with E-state index in [1.807, 2.05) is 44.2 Å². The van der Waals surface area contributed by atoms with Crippen LogP contribution < -0.4 is 14.8 Å². The van der Waals surface area contributed by atoms with Crippen molar-refractivity contribution in [3.8, 4) is 11.5 Å². The molecular weight excluding hydrogens is 358 g/mol. The quantitative estimate of drug-likeness (QED) is 0.652. The molecule has 0 spiro atoms. The van der Waals surface area contributed by atoms with Gasteiger partial charge in [-0.1, -0.05) is 23.4 Å². The maximum absolute atomic E-state index is 13.1. The van der Waals surface area contributed by atoms with Gasteiger partial charge in [0.15, 0.2) is 5.82 Å². The maximum atomic E-state index is 13.1. The third kappa shape index (κ3) is 4.28. The number of anilines is 1. The van der Waals surface area contributed by atoms with Gasteiger partial charge in [0.05, 0.1) is 14.2 Å². The molecule has 1 amide bonds. The molecule has 3 aromatic rings. The van der Waals surface area contributed by atoms with E-state index in [2.05, 4.69) is 25.9 Å². The Bertz CT molecular complexity index is 956. The van der Waals surface area contributed by atoms with Crippen molar-refractivity contribution in [3.05, 3.63) is 58.9 Å². The van der Waals surface area contributed by atoms with Gasteiger partial charge in [-0.15, -0.1) is 10.2 Å². The molecule has 0 aliphatic rings. The summed E-state index contributed by atoms with van der Waals surface area (Å²) in [5, 5.41) is 17.1. The number of hydrogen-bond acceptors (Lipinski definition) is 6. The molecule has 146 valence electrons. The van der Waals surface area contributed by atoms with Gasteiger partial charge in [0, 0.05) is 11.8 Å². The second-order valence-electron chi connectivity index (χ2n) is 6.51. The molecule has 0 unspecified atom stereocenters. The van der Waals surface area contributed by atoms with Crippen LogP contribution in [0.1, 0.15) is 28.4 Å². The van der Waals surface area contributed by atoms with Gasteiger partial charge in [0.25, 0.3) is 0 Å². The molecule has 0 fully saturated rings. The number of amides is 1. The molecule has 28 heavy (non-hydrogen) atoms. The highest BCUT2D eigenvalue weighted by Crippen LogP contribution is 2.30. The predicted molar refractivity (Wildman–Crippen MR) is 105 cm³/mol. The lowest BCUT2D eigenvalue weighted by Gasteiger charge is -2.17. The van der Waals surface area contributed by atoms with E-state index < -0.39 is 5.92 Å². The SMILES string of the molecule is COc1ccc(C[C@H](C(=O)Nc2cc(C)ccc2C)c2nn[nH]n2)c(OC)c1. The second-order valence-corrected chi connectivity index (χ2v) is 6.51. The summed E-state index contributed by atoms with van der Waals surface area (Å²) >= 11 is 0. The summed E-state index contributed by atoms with van der Waals surface area (Å²) in [6.45, 7) is 3.93. The minimum atomic E-state index is -0.638. The average molecular weight is 381 g/mol. The van der Waals surface area contributed by atoms with Crippen LogP contribution in [-0.4, -0.2) is 40.8 Å². The van der Waals surface area contributed by atoms with Crippen LogP contribution in [0.15, 0.2) is 36.4 Å². The van der Waals surface area contributed by atoms with Crippen LogP contribution >= 0.6 is 0 Å². The molecule has 2 aromatic carbocycles. The van der Waals surface area contributed by atoms with Gasteiger partial charge >= 0.3 is 0 Å². The highest BCUT2D eigenvalue weighted by Gasteiger charge is 2.27. The van der Waals surface area contributed by atoms with Crippen LogP contribution in [0.25, 0.3) is 0 Å². The number of benzene rings is 2. The minimum Gasteiger partial charge on any atom is -0.497 e. The van der Waals surface area contributed by atoms with Crippen molar-refractivity contribution in [1.82, 2.24) is 20.6 Å². The number of tetrazole rings is 1. The zero-order valence-corrected chi connectivity index (χ0v) is 16.3. The molecule has 1 heterocycles. The number of ether oxygens (including phenoxy) is 2. The predicted octanol–water partition coefficient (Wildman–Crippen LogP) is 2.80. The number of aromatic amines is 1. The number of nitrogens with zero attached hydrogens (tertiary/aromatic N) is 3. The summed E-state index contributed by atoms with van der Waals surface area (Å²) in [6.07, 6.45) is 0.351. The number of aryl methyl sites for hydroxylation is 2. The summed E-state index contributed by atoms with van der Waals surface area (Å²) in [5.41, 5.74) is 3.65. The number of H-pyrrole nitrogens is 1. The molecule has 0 aliphatic carbocycles. The van der Waals surface area contributed by atoms with Gasteiger partial charge in [-0.2, -0.15) is 5.21 Å². The number of nitrogens with one attached hydrogen (secondary N) is 2. The molecule has 3 rings (SSSR count). The third-order valence-corrected chi connectivity index (χ3v) is 4.56. The van der Waals surface area contributed by atoms with Gasteiger partial charge < -0.3 is 14.8 Å². The lowest BCUT2D eigenvalue weighted by molar-refractivity contribution is -0.117. The largest absolute Gasteiger partial charge is 0.497 e. The molecule has 0 saturated heterocycles. The number of methoxy groups -OCH3 is 2. The Morgan fingerprint density at radius 3 is 2.64 bits per heavy atom. The molecule has 1 atom stereocenters. The lowest BCUT2D eigenvalue weighted by atomic mass is 9.96. The van der Waals surface area contributed by atoms with Gasteiger partial charge in [-0.05, 0) is 49.1 Å². The fourth-order valence-corrected chi connectivity index (χ4v) is 2.95. The van der Waals surface area contributed by atoms with Crippen molar-refractivity contribution in [1.29, 1.82) is 0 Å². The summed E-state index contributed by atoms with van der Waals surface area (Å²) in [4.78, 5) is 13.1. The van der Waals surface area contributed by atoms with Crippen molar-refractivity contribution in [2.24, 2.45) is 0 Å². The fourth-order valence-electron chi connectivity index (χ4n) is 2.95. The monoisotopic (exact) mass is 381 g/mol. The number of carbonyl (C=O) groups is 1. The molecule has 2 N–H and O–H groups in total. The van der Waals surface area contributed by atoms with Crippen molar-refractivity contribution >= 4 is 11.6 Å². The molecule has 0 bridgehead atoms. The molecule has 0 saturated carbocycles. The van der Waals surface area contributed by atoms with Crippen LogP contribution in [0.3, 0.4) is 0 Å². The third-order valence-electron chi connectivity index (χ3n) is 4.56. The Labute approximate surface area is 163 Å². The Kier molecular flexibility index (Phi) is 5.88. The van der Waals surface area contributed by atoms with Gasteiger partial charge in [-0.25, -0.2) is 0 Å². The molecular formula is C20H23N5O3. The van der Waals surface area contributed by atoms with E-state index >= 15 is 0 Å². The van der Waals surface area contributed by atoms with E-state index in [0.717, 1.165) is 22.4 Å². The fraction of sp³-hybridized carbons (Fsp3) is 0.300. The maximum Gasteiger partial charge on any atom is 0.235 e. The highest BCUT2D eigenvalue weighted by atomic mass is 16.5. The minimum absolute atomic E-state index is 0.215. The van der Waals surface area contributed by atoms with Gasteiger partial charge in [0.1, 0.15) is 17.4 Å². The molecule has 8 nitrogen and oxygen atoms in total. The average Bonchev–Trinajstić information content (AvgIpc) is 3.23. The van der Waals surface area contributed by atoms with Crippen LogP contribution in [0.4, 0.5) is 5.69 Å². The van der Waals surface area contributed by atoms with E-state index in [-0.39, 0.29) is 5.91 Å². The van der Waals surface area contributed by atoms with Crippen LogP contribution in [0.2, 0.25) is 0 Å². The highest BCUT2D eigenvalue weighted by molar-refractivity contribution is 5.96. The summed E-state index contributed by atoms with van der Waals surface area (Å²) in [5.74, 6) is 0.776. The van der Waals surface area contributed by atoms with Crippen molar-refractivity contribution in [3.63, 3.8) is 0 Å². The van der Waals surface area contributed by atoms with Gasteiger partial charge in [0.2, 0.25) is 5.91 Å². The van der Waals surface area contributed by atoms with Gasteiger partial charge in [-0.3, -0.25) is 4.79 Å². The van der Waals surface area contributed by atoms with Crippen LogP contribution in [0, 0.1) is 13.8 Å². The van der Waals surface area contributed by atoms with E-state index in [9.17, 15) is 4.79 Å². The molecule has 1 aromatic heterocycles. The molecule has 8 heteroatoms. The van der Waals surface area contributed by atoms with Crippen molar-refractivity contribution < 1.29 is 14.3 Å². The summed E-state index contributed by atoms with van der Waals surface area (Å²) in [6, 6.07) is 11.4. The smallest absolute Gasteiger partial charge is 0.235 e. The summed E-state index contributed by atoms with van der Waals surface area (Å²) < 4.78 is 10.7. The van der Waals surface area contributed by atoms with Crippen LogP contribution in [-0.2, 0) is 11.2 Å². The molecule has 0 radical (unpaired) electrons. The van der Waals surface area contributed by atoms with Crippen molar-refractivity contribution in [2.75, 3.05) is 19.5 Å². The van der Waals surface area contributed by atoms with E-state index in [0.29, 0.717) is 23.7 Å². The first-order valence-corrected chi connectivity index (χ1v) is 8.84. The molecule has 0 aliphatic heterocycles. The zero-order valence-electron chi connectivity index (χ0n) is 16.3. The normalized spacial score (nSPS) is 11.7. The number of hydrogen-bond donors (Lipinski definition) is 2. The Morgan fingerprint density at radius 2 is 1.96 bits per heavy atom. The number of carbonyl (C=O) groups excluding carboxylic acids is 1. The van der Waals surface area contributed by atoms with E-state index in [1.54, 1.807) is 20.3 Å². The first-order chi connectivity index (χ1) is 13.5. The summed E-state index contributed by atoms with van der Waals surface area (Å²) in [7, 11) is 3.17. The topological polar surface area (TPSA) is 102 Å². The zero-order chi connectivity index (χ0) is 20.1. The van der Waals surface area contributed by atoms with Crippen molar-refractivity contribution in [2.45, 2.75) is 26.2 Å². The second kappa shape index (κ2) is 8.51. The Balaban J connectivity index is 1.90. The Morgan fingerprint density at radius 1 is 1.14 bits per heavy atom. The van der Waals surface area contributed by atoms with Crippen LogP contribution in [0.5, 0.6) is 11.5 Å². The standard InChI is InChI=1S/C20H23N5O3/c1-12-5-6-13(2)17(9-12)21-20(26)16(19-22-24-25-23-19)10-14-7-8-15(27-3)11-18(14)28-4/h5-9,11,16H,10H2,1-4H3,(H,21,26)(H,22,23,24,25)/t16-/m0/s1. The van der Waals surface area contributed by atoms with E-state index in [1.165, 1.54) is 0 Å². The number of aromatic nitrogens is 4.